The molecule has 1 aromatic heterocycles. The van der Waals surface area contributed by atoms with Gasteiger partial charge < -0.3 is 25.2 Å². The molecule has 0 bridgehead atoms. The van der Waals surface area contributed by atoms with Gasteiger partial charge in [0.05, 0.1) is 11.7 Å². The highest BCUT2D eigenvalue weighted by atomic mass is 16.5. The zero-order chi connectivity index (χ0) is 13.9. The van der Waals surface area contributed by atoms with E-state index in [-0.39, 0.29) is 24.0 Å². The lowest BCUT2D eigenvalue weighted by Gasteiger charge is -2.09. The average Bonchev–Trinajstić information content (AvgIpc) is 2.60. The number of hydrogen-bond acceptors (Lipinski definition) is 6. The molecule has 0 aromatic carbocycles. The highest BCUT2D eigenvalue weighted by Gasteiger charge is 2.27. The number of aliphatic carboxylic acids is 1. The number of nitrogens with two attached hydrogens (primary N) is 1. The number of aromatic carboxylic acids is 1. The van der Waals surface area contributed by atoms with E-state index in [0.717, 1.165) is 0 Å². The lowest BCUT2D eigenvalue weighted by molar-refractivity contribution is -0.138. The molecule has 0 aliphatic heterocycles. The second kappa shape index (κ2) is 5.50. The summed E-state index contributed by atoms with van der Waals surface area (Å²) in [6, 6.07) is -1.25. The topological polar surface area (TPSA) is 136 Å². The minimum atomic E-state index is -1.35. The Morgan fingerprint density at radius 2 is 2.06 bits per heavy atom. The van der Waals surface area contributed by atoms with Gasteiger partial charge in [-0.25, -0.2) is 4.79 Å². The van der Waals surface area contributed by atoms with Crippen LogP contribution in [0.3, 0.4) is 0 Å². The Morgan fingerprint density at radius 3 is 2.50 bits per heavy atom. The molecule has 0 aliphatic rings. The van der Waals surface area contributed by atoms with Gasteiger partial charge in [0.25, 0.3) is 11.6 Å². The van der Waals surface area contributed by atoms with Gasteiger partial charge in [-0.2, -0.15) is 0 Å². The van der Waals surface area contributed by atoms with Crippen LogP contribution in [0.5, 0.6) is 5.88 Å². The van der Waals surface area contributed by atoms with Crippen LogP contribution in [0, 0.1) is 0 Å². The maximum absolute atomic E-state index is 10.9. The number of aromatic nitrogens is 1. The number of carboxylic acids is 2. The molecule has 0 saturated heterocycles. The molecule has 0 aliphatic carbocycles. The minimum absolute atomic E-state index is 0.0425. The number of ether oxygens (including phenoxy) is 1. The first kappa shape index (κ1) is 14.0. The summed E-state index contributed by atoms with van der Waals surface area (Å²) in [7, 11) is 0. The van der Waals surface area contributed by atoms with Gasteiger partial charge >= 0.3 is 11.9 Å². The third-order valence-corrected chi connectivity index (χ3v) is 2.03. The van der Waals surface area contributed by atoms with Crippen LogP contribution in [0.2, 0.25) is 0 Å². The number of hydrogen-bond donors (Lipinski definition) is 3. The molecule has 1 heterocycles. The number of carbonyl (C=O) groups is 2. The van der Waals surface area contributed by atoms with Gasteiger partial charge in [-0.15, -0.1) is 0 Å². The van der Waals surface area contributed by atoms with Gasteiger partial charge in [-0.3, -0.25) is 4.79 Å². The standard InChI is InChI=1S/C10H14N2O6/c1-4(2)17-8-5(3-6(11)9(13)14)7(10(15)16)18-12-8/h4,6H,3,11H2,1-2H3,(H,13,14)(H,15,16)/t6-/m0/s1. The van der Waals surface area contributed by atoms with E-state index in [2.05, 4.69) is 9.68 Å². The van der Waals surface area contributed by atoms with Crippen molar-refractivity contribution in [1.29, 1.82) is 0 Å². The molecule has 8 nitrogen and oxygen atoms in total. The molecule has 18 heavy (non-hydrogen) atoms. The van der Waals surface area contributed by atoms with Crippen LogP contribution in [-0.4, -0.2) is 39.5 Å². The quantitative estimate of drug-likeness (QED) is 0.654. The monoisotopic (exact) mass is 258 g/mol. The number of nitrogens with zero attached hydrogens (tertiary/aromatic N) is 1. The van der Waals surface area contributed by atoms with Crippen LogP contribution >= 0.6 is 0 Å². The average molecular weight is 258 g/mol. The van der Waals surface area contributed by atoms with Crippen molar-refractivity contribution in [2.45, 2.75) is 32.4 Å². The van der Waals surface area contributed by atoms with E-state index < -0.39 is 23.7 Å². The van der Waals surface area contributed by atoms with Crippen molar-refractivity contribution in [2.75, 3.05) is 0 Å². The summed E-state index contributed by atoms with van der Waals surface area (Å²) in [5, 5.41) is 21.1. The Hall–Kier alpha value is -2.09. The van der Waals surface area contributed by atoms with Crippen LogP contribution in [0.15, 0.2) is 4.52 Å². The summed E-state index contributed by atoms with van der Waals surface area (Å²) < 4.78 is 9.86. The maximum Gasteiger partial charge on any atom is 0.375 e. The molecular weight excluding hydrogens is 244 g/mol. The Bertz CT molecular complexity index is 453. The fourth-order valence-electron chi connectivity index (χ4n) is 1.27. The lowest BCUT2D eigenvalue weighted by Crippen LogP contribution is -2.32. The van der Waals surface area contributed by atoms with Gasteiger partial charge in [0, 0.05) is 6.42 Å². The van der Waals surface area contributed by atoms with Crippen LogP contribution in [-0.2, 0) is 11.2 Å². The van der Waals surface area contributed by atoms with Crippen molar-refractivity contribution < 1.29 is 29.1 Å². The second-order valence-corrected chi connectivity index (χ2v) is 3.92. The molecule has 0 spiro atoms. The lowest BCUT2D eigenvalue weighted by atomic mass is 10.1. The van der Waals surface area contributed by atoms with Gasteiger partial charge in [-0.05, 0) is 19.0 Å². The molecule has 8 heteroatoms. The summed E-state index contributed by atoms with van der Waals surface area (Å²) in [6.45, 7) is 3.44. The highest BCUT2D eigenvalue weighted by Crippen LogP contribution is 2.24. The van der Waals surface area contributed by atoms with Crippen LogP contribution < -0.4 is 10.5 Å². The normalized spacial score (nSPS) is 12.4. The van der Waals surface area contributed by atoms with E-state index in [4.69, 9.17) is 20.7 Å². The fourth-order valence-corrected chi connectivity index (χ4v) is 1.27. The minimum Gasteiger partial charge on any atom is -0.480 e. The van der Waals surface area contributed by atoms with E-state index in [1.54, 1.807) is 13.8 Å². The van der Waals surface area contributed by atoms with Crippen molar-refractivity contribution in [3.63, 3.8) is 0 Å². The SMILES string of the molecule is CC(C)Oc1noc(C(=O)O)c1C[C@H](N)C(=O)O. The zero-order valence-electron chi connectivity index (χ0n) is 9.91. The van der Waals surface area contributed by atoms with Crippen molar-refractivity contribution in [1.82, 2.24) is 5.16 Å². The van der Waals surface area contributed by atoms with Crippen molar-refractivity contribution >= 4 is 11.9 Å². The number of carboxylic acid groups (broad SMARTS) is 2. The van der Waals surface area contributed by atoms with Gasteiger partial charge in [0.2, 0.25) is 0 Å². The molecule has 100 valence electrons. The third-order valence-electron chi connectivity index (χ3n) is 2.03. The van der Waals surface area contributed by atoms with Gasteiger partial charge in [0.1, 0.15) is 6.04 Å². The molecule has 0 radical (unpaired) electrons. The van der Waals surface area contributed by atoms with Gasteiger partial charge in [-0.1, -0.05) is 0 Å². The molecule has 0 saturated carbocycles. The predicted molar refractivity (Wildman–Crippen MR) is 58.5 cm³/mol. The smallest absolute Gasteiger partial charge is 0.375 e. The summed E-state index contributed by atoms with van der Waals surface area (Å²) in [5.41, 5.74) is 5.41. The third kappa shape index (κ3) is 3.20. The van der Waals surface area contributed by atoms with E-state index >= 15 is 0 Å². The first-order valence-electron chi connectivity index (χ1n) is 5.19. The summed E-state index contributed by atoms with van der Waals surface area (Å²) in [5.74, 6) is -3.10. The van der Waals surface area contributed by atoms with Crippen LogP contribution in [0.25, 0.3) is 0 Å². The molecule has 0 unspecified atom stereocenters. The number of rotatable bonds is 6. The Balaban J connectivity index is 3.06. The predicted octanol–water partition coefficient (Wildman–Crippen LogP) is 0.114. The molecule has 1 atom stereocenters. The van der Waals surface area contributed by atoms with Crippen molar-refractivity contribution in [3.8, 4) is 5.88 Å². The summed E-state index contributed by atoms with van der Waals surface area (Å²) in [6.07, 6.45) is -0.487. The highest BCUT2D eigenvalue weighted by molar-refractivity contribution is 5.87. The fraction of sp³-hybridized carbons (Fsp3) is 0.500. The van der Waals surface area contributed by atoms with Gasteiger partial charge in [0.15, 0.2) is 0 Å². The van der Waals surface area contributed by atoms with E-state index in [9.17, 15) is 9.59 Å². The molecular formula is C10H14N2O6. The van der Waals surface area contributed by atoms with E-state index in [0.29, 0.717) is 0 Å². The summed E-state index contributed by atoms with van der Waals surface area (Å²) >= 11 is 0. The zero-order valence-corrected chi connectivity index (χ0v) is 9.91. The Morgan fingerprint density at radius 1 is 1.44 bits per heavy atom. The maximum atomic E-state index is 10.9. The van der Waals surface area contributed by atoms with Crippen molar-refractivity contribution in [3.05, 3.63) is 11.3 Å². The molecule has 0 fully saturated rings. The first-order chi connectivity index (χ1) is 8.32. The van der Waals surface area contributed by atoms with Crippen LogP contribution in [0.1, 0.15) is 30.0 Å². The largest absolute Gasteiger partial charge is 0.480 e. The molecule has 4 N–H and O–H groups in total. The summed E-state index contributed by atoms with van der Waals surface area (Å²) in [4.78, 5) is 21.6. The molecule has 0 amide bonds. The van der Waals surface area contributed by atoms with E-state index in [1.807, 2.05) is 0 Å². The molecule has 1 rings (SSSR count). The van der Waals surface area contributed by atoms with E-state index in [1.165, 1.54) is 0 Å². The van der Waals surface area contributed by atoms with Crippen LogP contribution in [0.4, 0.5) is 0 Å². The second-order valence-electron chi connectivity index (χ2n) is 3.92. The van der Waals surface area contributed by atoms with Crippen molar-refractivity contribution in [2.24, 2.45) is 5.73 Å². The molecule has 1 aromatic rings. The first-order valence-corrected chi connectivity index (χ1v) is 5.19. The Labute approximate surface area is 102 Å². The Kier molecular flexibility index (Phi) is 4.27.